The molecule has 0 atom stereocenters. The molecule has 0 rings (SSSR count). The maximum atomic E-state index is 5.41. The highest BCUT2D eigenvalue weighted by atomic mass is 79.9. The normalized spacial score (nSPS) is 13.6. The number of aliphatic imine (C=N–C) groups is 1. The molecule has 2 nitrogen and oxygen atoms in total. The van der Waals surface area contributed by atoms with Gasteiger partial charge in [-0.1, -0.05) is 15.9 Å². The lowest BCUT2D eigenvalue weighted by atomic mass is 10.4. The zero-order chi connectivity index (χ0) is 7.28. The fourth-order valence-corrected chi connectivity index (χ4v) is 0.637. The standard InChI is InChI=1S/C6H9BrN2/c1-5(7)3-6(8)4-9-2/h3-4H,2,8H2,1H3/b5-3+,6-4+. The molecular formula is C6H9BrN2. The fourth-order valence-electron chi connectivity index (χ4n) is 0.372. The minimum absolute atomic E-state index is 0.597. The van der Waals surface area contributed by atoms with Crippen molar-refractivity contribution in [2.24, 2.45) is 10.7 Å². The van der Waals surface area contributed by atoms with Crippen LogP contribution in [0.25, 0.3) is 0 Å². The smallest absolute Gasteiger partial charge is 0.0507 e. The predicted octanol–water partition coefficient (Wildman–Crippen LogP) is 1.79. The van der Waals surface area contributed by atoms with E-state index in [9.17, 15) is 0 Å². The van der Waals surface area contributed by atoms with Gasteiger partial charge in [0.15, 0.2) is 0 Å². The lowest BCUT2D eigenvalue weighted by Crippen LogP contribution is -1.91. The molecule has 0 spiro atoms. The van der Waals surface area contributed by atoms with Gasteiger partial charge in [-0.15, -0.1) is 0 Å². The van der Waals surface area contributed by atoms with Crippen LogP contribution in [0.2, 0.25) is 0 Å². The highest BCUT2D eigenvalue weighted by Gasteiger charge is 1.81. The van der Waals surface area contributed by atoms with Crippen molar-refractivity contribution in [2.75, 3.05) is 0 Å². The topological polar surface area (TPSA) is 38.4 Å². The van der Waals surface area contributed by atoms with Crippen LogP contribution < -0.4 is 5.73 Å². The summed E-state index contributed by atoms with van der Waals surface area (Å²) in [7, 11) is 0. The van der Waals surface area contributed by atoms with Gasteiger partial charge in [0.05, 0.1) is 5.70 Å². The third-order valence-corrected chi connectivity index (χ3v) is 0.835. The fraction of sp³-hybridized carbons (Fsp3) is 0.167. The molecule has 0 aromatic rings. The van der Waals surface area contributed by atoms with Crippen molar-refractivity contribution in [3.05, 3.63) is 22.5 Å². The van der Waals surface area contributed by atoms with Crippen LogP contribution in [0.1, 0.15) is 6.92 Å². The van der Waals surface area contributed by atoms with Crippen molar-refractivity contribution in [1.29, 1.82) is 0 Å². The van der Waals surface area contributed by atoms with Gasteiger partial charge in [-0.05, 0) is 24.2 Å². The first-order valence-corrected chi connectivity index (χ1v) is 3.21. The molecule has 50 valence electrons. The zero-order valence-electron chi connectivity index (χ0n) is 5.26. The van der Waals surface area contributed by atoms with E-state index in [4.69, 9.17) is 5.73 Å². The van der Waals surface area contributed by atoms with Crippen LogP contribution in [-0.2, 0) is 0 Å². The van der Waals surface area contributed by atoms with Crippen LogP contribution >= 0.6 is 15.9 Å². The van der Waals surface area contributed by atoms with Crippen molar-refractivity contribution in [3.63, 3.8) is 0 Å². The van der Waals surface area contributed by atoms with Gasteiger partial charge >= 0.3 is 0 Å². The summed E-state index contributed by atoms with van der Waals surface area (Å²) in [4.78, 5) is 3.49. The van der Waals surface area contributed by atoms with Crippen molar-refractivity contribution < 1.29 is 0 Å². The molecule has 0 aromatic heterocycles. The monoisotopic (exact) mass is 188 g/mol. The molecule has 9 heavy (non-hydrogen) atoms. The van der Waals surface area contributed by atoms with E-state index >= 15 is 0 Å². The number of hydrogen-bond acceptors (Lipinski definition) is 2. The summed E-state index contributed by atoms with van der Waals surface area (Å²) in [5.74, 6) is 0. The van der Waals surface area contributed by atoms with E-state index in [0.717, 1.165) is 4.48 Å². The lowest BCUT2D eigenvalue weighted by Gasteiger charge is -1.88. The largest absolute Gasteiger partial charge is 0.397 e. The Kier molecular flexibility index (Phi) is 4.05. The Morgan fingerprint density at radius 2 is 2.33 bits per heavy atom. The van der Waals surface area contributed by atoms with Gasteiger partial charge in [0.1, 0.15) is 0 Å². The first-order valence-electron chi connectivity index (χ1n) is 2.42. The average molecular weight is 189 g/mol. The number of rotatable bonds is 2. The van der Waals surface area contributed by atoms with Crippen LogP contribution in [-0.4, -0.2) is 6.72 Å². The molecule has 0 aliphatic carbocycles. The maximum Gasteiger partial charge on any atom is 0.0507 e. The van der Waals surface area contributed by atoms with Gasteiger partial charge in [0.2, 0.25) is 0 Å². The highest BCUT2D eigenvalue weighted by molar-refractivity contribution is 9.11. The molecule has 0 fully saturated rings. The van der Waals surface area contributed by atoms with E-state index in [2.05, 4.69) is 27.6 Å². The summed E-state index contributed by atoms with van der Waals surface area (Å²) in [5, 5.41) is 0. The number of nitrogens with zero attached hydrogens (tertiary/aromatic N) is 1. The van der Waals surface area contributed by atoms with Gasteiger partial charge < -0.3 is 5.73 Å². The van der Waals surface area contributed by atoms with E-state index in [1.165, 1.54) is 6.20 Å². The first-order chi connectivity index (χ1) is 4.16. The van der Waals surface area contributed by atoms with Crippen molar-refractivity contribution in [3.8, 4) is 0 Å². The molecule has 0 saturated heterocycles. The average Bonchev–Trinajstić information content (AvgIpc) is 1.63. The summed E-state index contributed by atoms with van der Waals surface area (Å²) in [6.07, 6.45) is 3.25. The summed E-state index contributed by atoms with van der Waals surface area (Å²) < 4.78 is 0.972. The Bertz CT molecular complexity index is 154. The summed E-state index contributed by atoms with van der Waals surface area (Å²) in [6.45, 7) is 5.15. The van der Waals surface area contributed by atoms with Gasteiger partial charge in [0, 0.05) is 6.20 Å². The molecule has 0 aromatic carbocycles. The SMILES string of the molecule is C=N/C=C(N)\C=C(/C)Br. The van der Waals surface area contributed by atoms with E-state index in [1.807, 2.05) is 6.92 Å². The van der Waals surface area contributed by atoms with Crippen molar-refractivity contribution in [2.45, 2.75) is 6.92 Å². The van der Waals surface area contributed by atoms with E-state index in [-0.39, 0.29) is 0 Å². The molecular weight excluding hydrogens is 180 g/mol. The van der Waals surface area contributed by atoms with Crippen LogP contribution in [0.15, 0.2) is 27.4 Å². The van der Waals surface area contributed by atoms with Crippen LogP contribution in [0.3, 0.4) is 0 Å². The van der Waals surface area contributed by atoms with Gasteiger partial charge in [0.25, 0.3) is 0 Å². The Balaban J connectivity index is 4.05. The van der Waals surface area contributed by atoms with E-state index < -0.39 is 0 Å². The molecule has 0 bridgehead atoms. The lowest BCUT2D eigenvalue weighted by molar-refractivity contribution is 1.36. The number of halogens is 1. The predicted molar refractivity (Wildman–Crippen MR) is 44.5 cm³/mol. The molecule has 3 heteroatoms. The zero-order valence-corrected chi connectivity index (χ0v) is 6.85. The van der Waals surface area contributed by atoms with Crippen molar-refractivity contribution >= 4 is 22.6 Å². The first kappa shape index (κ1) is 8.43. The van der Waals surface area contributed by atoms with Crippen LogP contribution in [0.4, 0.5) is 0 Å². The molecule has 0 amide bonds. The third-order valence-electron chi connectivity index (χ3n) is 0.606. The van der Waals surface area contributed by atoms with E-state index in [1.54, 1.807) is 6.08 Å². The molecule has 2 N–H and O–H groups in total. The Labute approximate surface area is 63.3 Å². The van der Waals surface area contributed by atoms with Crippen LogP contribution in [0, 0.1) is 0 Å². The van der Waals surface area contributed by atoms with Crippen molar-refractivity contribution in [1.82, 2.24) is 0 Å². The van der Waals surface area contributed by atoms with Crippen LogP contribution in [0.5, 0.6) is 0 Å². The molecule has 0 unspecified atom stereocenters. The number of hydrogen-bond donors (Lipinski definition) is 1. The molecule has 0 aliphatic heterocycles. The second-order valence-corrected chi connectivity index (χ2v) is 2.79. The minimum Gasteiger partial charge on any atom is -0.397 e. The van der Waals surface area contributed by atoms with Gasteiger partial charge in [-0.3, -0.25) is 4.99 Å². The highest BCUT2D eigenvalue weighted by Crippen LogP contribution is 2.03. The third kappa shape index (κ3) is 5.30. The van der Waals surface area contributed by atoms with E-state index in [0.29, 0.717) is 5.70 Å². The maximum absolute atomic E-state index is 5.41. The minimum atomic E-state index is 0.597. The number of nitrogens with two attached hydrogens (primary N) is 1. The second kappa shape index (κ2) is 4.32. The molecule has 0 radical (unpaired) electrons. The second-order valence-electron chi connectivity index (χ2n) is 1.54. The molecule has 0 saturated carbocycles. The summed E-state index contributed by atoms with van der Waals surface area (Å²) in [6, 6.07) is 0. The number of allylic oxidation sites excluding steroid dienone is 2. The Morgan fingerprint density at radius 3 is 2.67 bits per heavy atom. The van der Waals surface area contributed by atoms with Gasteiger partial charge in [-0.25, -0.2) is 0 Å². The summed E-state index contributed by atoms with van der Waals surface area (Å²) >= 11 is 3.22. The quantitative estimate of drug-likeness (QED) is 0.521. The van der Waals surface area contributed by atoms with Gasteiger partial charge in [-0.2, -0.15) is 0 Å². The Morgan fingerprint density at radius 1 is 1.78 bits per heavy atom. The Hall–Kier alpha value is -0.570. The molecule has 0 heterocycles. The molecule has 0 aliphatic rings. The summed E-state index contributed by atoms with van der Waals surface area (Å²) in [5.41, 5.74) is 6.00.